The molecule has 23 heavy (non-hydrogen) atoms. The third-order valence-corrected chi connectivity index (χ3v) is 7.13. The van der Waals surface area contributed by atoms with Crippen molar-refractivity contribution in [3.63, 3.8) is 0 Å². The number of sulfone groups is 1. The van der Waals surface area contributed by atoms with E-state index in [2.05, 4.69) is 10.3 Å². The molecule has 0 aliphatic heterocycles. The van der Waals surface area contributed by atoms with Crippen molar-refractivity contribution in [2.24, 2.45) is 0 Å². The Balaban J connectivity index is 2.15. The maximum Gasteiger partial charge on any atom is 0.347 e. The van der Waals surface area contributed by atoms with Crippen LogP contribution in [0.25, 0.3) is 0 Å². The van der Waals surface area contributed by atoms with Crippen LogP contribution in [-0.4, -0.2) is 36.6 Å². The summed E-state index contributed by atoms with van der Waals surface area (Å²) < 4.78 is 23.0. The van der Waals surface area contributed by atoms with Gasteiger partial charge in [0, 0.05) is 6.26 Å². The number of thiophene rings is 1. The van der Waals surface area contributed by atoms with Gasteiger partial charge in [-0.05, 0) is 26.0 Å². The maximum atomic E-state index is 12.2. The molecule has 0 fully saturated rings. The standard InChI is InChI=1S/C13H14N2O5S3/c1-6-10(13(17)18)22-12(15-6)7(2)14-11(16)8-4-5-9(21-8)23(3,19)20/h4-5,7H,1-3H3,(H,14,16)(H,17,18). The molecule has 0 saturated heterocycles. The molecular weight excluding hydrogens is 360 g/mol. The van der Waals surface area contributed by atoms with Crippen molar-refractivity contribution < 1.29 is 23.1 Å². The number of carboxylic acids is 1. The van der Waals surface area contributed by atoms with E-state index in [0.717, 1.165) is 28.9 Å². The molecule has 0 radical (unpaired) electrons. The Morgan fingerprint density at radius 3 is 2.43 bits per heavy atom. The molecule has 2 N–H and O–H groups in total. The number of nitrogens with one attached hydrogen (secondary N) is 1. The minimum atomic E-state index is -3.34. The fourth-order valence-corrected chi connectivity index (χ4v) is 4.51. The zero-order valence-electron chi connectivity index (χ0n) is 12.5. The molecule has 2 heterocycles. The van der Waals surface area contributed by atoms with Gasteiger partial charge in [-0.1, -0.05) is 0 Å². The van der Waals surface area contributed by atoms with Crippen LogP contribution in [0.2, 0.25) is 0 Å². The lowest BCUT2D eigenvalue weighted by Gasteiger charge is -2.09. The molecule has 2 rings (SSSR count). The van der Waals surface area contributed by atoms with Gasteiger partial charge in [0.05, 0.1) is 16.6 Å². The molecule has 2 aromatic rings. The van der Waals surface area contributed by atoms with Gasteiger partial charge in [0.2, 0.25) is 0 Å². The van der Waals surface area contributed by atoms with E-state index in [1.165, 1.54) is 12.1 Å². The number of carbonyl (C=O) groups is 2. The van der Waals surface area contributed by atoms with Gasteiger partial charge in [0.25, 0.3) is 5.91 Å². The molecule has 0 aliphatic rings. The van der Waals surface area contributed by atoms with Crippen LogP contribution in [0.4, 0.5) is 0 Å². The SMILES string of the molecule is Cc1nc(C(C)NC(=O)c2ccc(S(C)(=O)=O)s2)sc1C(=O)O. The van der Waals surface area contributed by atoms with Crippen molar-refractivity contribution in [1.82, 2.24) is 10.3 Å². The smallest absolute Gasteiger partial charge is 0.347 e. The van der Waals surface area contributed by atoms with Gasteiger partial charge in [-0.3, -0.25) is 4.79 Å². The van der Waals surface area contributed by atoms with Crippen LogP contribution in [0, 0.1) is 6.92 Å². The highest BCUT2D eigenvalue weighted by Gasteiger charge is 2.21. The van der Waals surface area contributed by atoms with Gasteiger partial charge in [0.15, 0.2) is 9.84 Å². The van der Waals surface area contributed by atoms with E-state index in [9.17, 15) is 18.0 Å². The highest BCUT2D eigenvalue weighted by molar-refractivity contribution is 7.92. The predicted molar refractivity (Wildman–Crippen MR) is 87.1 cm³/mol. The molecule has 124 valence electrons. The molecular formula is C13H14N2O5S3. The fourth-order valence-electron chi connectivity index (χ4n) is 1.77. The van der Waals surface area contributed by atoms with E-state index in [-0.39, 0.29) is 14.0 Å². The van der Waals surface area contributed by atoms with Gasteiger partial charge in [-0.2, -0.15) is 0 Å². The number of hydrogen-bond donors (Lipinski definition) is 2. The second-order valence-electron chi connectivity index (χ2n) is 4.86. The number of nitrogens with zero attached hydrogens (tertiary/aromatic N) is 1. The highest BCUT2D eigenvalue weighted by Crippen LogP contribution is 2.25. The Bertz CT molecular complexity index is 866. The summed E-state index contributed by atoms with van der Waals surface area (Å²) in [6.07, 6.45) is 1.08. The molecule has 7 nitrogen and oxygen atoms in total. The summed E-state index contributed by atoms with van der Waals surface area (Å²) in [4.78, 5) is 27.7. The van der Waals surface area contributed by atoms with Crippen molar-refractivity contribution >= 4 is 44.4 Å². The lowest BCUT2D eigenvalue weighted by atomic mass is 10.3. The van der Waals surface area contributed by atoms with Crippen LogP contribution in [0.5, 0.6) is 0 Å². The summed E-state index contributed by atoms with van der Waals surface area (Å²) in [7, 11) is -3.34. The summed E-state index contributed by atoms with van der Waals surface area (Å²) in [5, 5.41) is 12.2. The number of aryl methyl sites for hydroxylation is 1. The lowest BCUT2D eigenvalue weighted by molar-refractivity contribution is 0.0700. The molecule has 0 saturated carbocycles. The molecule has 0 spiro atoms. The minimum Gasteiger partial charge on any atom is -0.477 e. The molecule has 1 unspecified atom stereocenters. The van der Waals surface area contributed by atoms with Gasteiger partial charge < -0.3 is 10.4 Å². The number of carbonyl (C=O) groups excluding carboxylic acids is 1. The Morgan fingerprint density at radius 1 is 1.30 bits per heavy atom. The van der Waals surface area contributed by atoms with Gasteiger partial charge in [-0.25, -0.2) is 18.2 Å². The maximum absolute atomic E-state index is 12.2. The van der Waals surface area contributed by atoms with Crippen LogP contribution in [0.15, 0.2) is 16.3 Å². The summed E-state index contributed by atoms with van der Waals surface area (Å²) in [5.41, 5.74) is 0.397. The van der Waals surface area contributed by atoms with E-state index < -0.39 is 27.8 Å². The predicted octanol–water partition coefficient (Wildman–Crippen LogP) is 2.11. The molecule has 1 amide bonds. The van der Waals surface area contributed by atoms with E-state index in [0.29, 0.717) is 10.7 Å². The molecule has 1 atom stereocenters. The first kappa shape index (κ1) is 17.6. The van der Waals surface area contributed by atoms with Crippen LogP contribution >= 0.6 is 22.7 Å². The Morgan fingerprint density at radius 2 is 1.96 bits per heavy atom. The zero-order valence-corrected chi connectivity index (χ0v) is 14.9. The van der Waals surface area contributed by atoms with E-state index in [4.69, 9.17) is 5.11 Å². The van der Waals surface area contributed by atoms with Crippen LogP contribution in [-0.2, 0) is 9.84 Å². The molecule has 0 aromatic carbocycles. The van der Waals surface area contributed by atoms with Crippen molar-refractivity contribution in [3.8, 4) is 0 Å². The number of aromatic carboxylic acids is 1. The second-order valence-corrected chi connectivity index (χ2v) is 9.21. The van der Waals surface area contributed by atoms with Crippen molar-refractivity contribution in [1.29, 1.82) is 0 Å². The molecule has 2 aromatic heterocycles. The average molecular weight is 374 g/mol. The van der Waals surface area contributed by atoms with Crippen LogP contribution in [0.1, 0.15) is 43.0 Å². The summed E-state index contributed by atoms with van der Waals surface area (Å²) >= 11 is 1.89. The molecule has 10 heteroatoms. The lowest BCUT2D eigenvalue weighted by Crippen LogP contribution is -2.25. The third-order valence-electron chi connectivity index (χ3n) is 2.90. The topological polar surface area (TPSA) is 113 Å². The number of hydrogen-bond acceptors (Lipinski definition) is 7. The van der Waals surface area contributed by atoms with Gasteiger partial charge in [0.1, 0.15) is 14.1 Å². The Labute approximate surface area is 140 Å². The van der Waals surface area contributed by atoms with Crippen molar-refractivity contribution in [2.75, 3.05) is 6.26 Å². The van der Waals surface area contributed by atoms with Gasteiger partial charge >= 0.3 is 5.97 Å². The van der Waals surface area contributed by atoms with Crippen molar-refractivity contribution in [3.05, 3.63) is 32.6 Å². The minimum absolute atomic E-state index is 0.119. The van der Waals surface area contributed by atoms with E-state index in [1.54, 1.807) is 13.8 Å². The first-order valence-electron chi connectivity index (χ1n) is 6.41. The summed E-state index contributed by atoms with van der Waals surface area (Å²) in [6.45, 7) is 3.28. The zero-order chi connectivity index (χ0) is 17.4. The van der Waals surface area contributed by atoms with Crippen LogP contribution in [0.3, 0.4) is 0 Å². The number of carboxylic acid groups (broad SMARTS) is 1. The first-order valence-corrected chi connectivity index (χ1v) is 9.93. The first-order chi connectivity index (χ1) is 10.6. The quantitative estimate of drug-likeness (QED) is 0.828. The number of rotatable bonds is 5. The summed E-state index contributed by atoms with van der Waals surface area (Å²) in [5.74, 6) is -1.48. The highest BCUT2D eigenvalue weighted by atomic mass is 32.2. The molecule has 0 bridgehead atoms. The Kier molecular flexibility index (Phi) is 4.87. The number of thiazole rings is 1. The van der Waals surface area contributed by atoms with Crippen LogP contribution < -0.4 is 5.32 Å². The van der Waals surface area contributed by atoms with E-state index >= 15 is 0 Å². The largest absolute Gasteiger partial charge is 0.477 e. The second kappa shape index (κ2) is 6.38. The van der Waals surface area contributed by atoms with Crippen molar-refractivity contribution in [2.45, 2.75) is 24.1 Å². The fraction of sp³-hybridized carbons (Fsp3) is 0.308. The Hall–Kier alpha value is -1.78. The average Bonchev–Trinajstić information content (AvgIpc) is 3.04. The monoisotopic (exact) mass is 374 g/mol. The third kappa shape index (κ3) is 3.95. The van der Waals surface area contributed by atoms with Gasteiger partial charge in [-0.15, -0.1) is 22.7 Å². The van der Waals surface area contributed by atoms with E-state index in [1.807, 2.05) is 0 Å². The number of amides is 1. The summed E-state index contributed by atoms with van der Waals surface area (Å²) in [6, 6.07) is 2.34. The number of aromatic nitrogens is 1. The molecule has 0 aliphatic carbocycles. The normalized spacial score (nSPS) is 12.8.